The summed E-state index contributed by atoms with van der Waals surface area (Å²) in [6.07, 6.45) is 3.83. The second-order valence-electron chi connectivity index (χ2n) is 7.39. The molecule has 1 aromatic heterocycles. The van der Waals surface area contributed by atoms with E-state index in [2.05, 4.69) is 15.6 Å². The van der Waals surface area contributed by atoms with Crippen molar-refractivity contribution in [3.8, 4) is 5.75 Å². The Kier molecular flexibility index (Phi) is 5.97. The summed E-state index contributed by atoms with van der Waals surface area (Å²) in [6, 6.07) is 11.7. The molecule has 8 nitrogen and oxygen atoms in total. The van der Waals surface area contributed by atoms with E-state index in [1.807, 2.05) is 6.92 Å². The van der Waals surface area contributed by atoms with Gasteiger partial charge in [-0.15, -0.1) is 0 Å². The molecule has 3 aromatic rings. The predicted octanol–water partition coefficient (Wildman–Crippen LogP) is 3.10. The van der Waals surface area contributed by atoms with Gasteiger partial charge in [0.15, 0.2) is 0 Å². The number of aromatic nitrogens is 2. The lowest BCUT2D eigenvalue weighted by molar-refractivity contribution is -0.132. The third-order valence-corrected chi connectivity index (χ3v) is 5.20. The van der Waals surface area contributed by atoms with E-state index in [1.165, 1.54) is 0 Å². The second-order valence-corrected chi connectivity index (χ2v) is 7.39. The van der Waals surface area contributed by atoms with Crippen LogP contribution in [0, 0.1) is 0 Å². The molecule has 0 fully saturated rings. The molecular weight excluding hydrogens is 396 g/mol. The number of carbonyl (C=O) groups is 2. The van der Waals surface area contributed by atoms with Gasteiger partial charge < -0.3 is 15.4 Å². The van der Waals surface area contributed by atoms with Crippen LogP contribution in [-0.4, -0.2) is 28.0 Å². The molecule has 2 aromatic carbocycles. The number of benzene rings is 2. The number of fused-ring (bicyclic) bond motifs is 2. The van der Waals surface area contributed by atoms with Crippen LogP contribution < -0.4 is 20.9 Å². The fourth-order valence-electron chi connectivity index (χ4n) is 3.67. The molecule has 1 aliphatic rings. The van der Waals surface area contributed by atoms with Crippen LogP contribution in [0.3, 0.4) is 0 Å². The first-order valence-corrected chi connectivity index (χ1v) is 10.4. The highest BCUT2D eigenvalue weighted by molar-refractivity contribution is 6.43. The lowest BCUT2D eigenvalue weighted by Gasteiger charge is -2.11. The number of hydrogen-bond donors (Lipinski definition) is 2. The molecule has 2 N–H and O–H groups in total. The first-order valence-electron chi connectivity index (χ1n) is 10.4. The summed E-state index contributed by atoms with van der Waals surface area (Å²) in [7, 11) is 0. The zero-order valence-electron chi connectivity index (χ0n) is 17.3. The van der Waals surface area contributed by atoms with Crippen molar-refractivity contribution < 1.29 is 14.3 Å². The van der Waals surface area contributed by atoms with Gasteiger partial charge in [0, 0.05) is 24.3 Å². The fourth-order valence-corrected chi connectivity index (χ4v) is 3.67. The van der Waals surface area contributed by atoms with Crippen LogP contribution in [0.2, 0.25) is 0 Å². The Morgan fingerprint density at radius 3 is 2.45 bits per heavy atom. The zero-order valence-corrected chi connectivity index (χ0v) is 17.3. The van der Waals surface area contributed by atoms with Gasteiger partial charge in [0.2, 0.25) is 0 Å². The Labute approximate surface area is 179 Å². The highest BCUT2D eigenvalue weighted by atomic mass is 16.5. The van der Waals surface area contributed by atoms with Gasteiger partial charge in [-0.1, -0.05) is 6.42 Å². The molecule has 0 saturated carbocycles. The van der Waals surface area contributed by atoms with Crippen molar-refractivity contribution in [3.63, 3.8) is 0 Å². The maximum Gasteiger partial charge on any atom is 0.314 e. The van der Waals surface area contributed by atoms with Crippen LogP contribution in [0.15, 0.2) is 47.3 Å². The van der Waals surface area contributed by atoms with E-state index in [-0.39, 0.29) is 5.56 Å². The summed E-state index contributed by atoms with van der Waals surface area (Å²) in [6.45, 7) is 3.08. The molecule has 31 heavy (non-hydrogen) atoms. The highest BCUT2D eigenvalue weighted by Gasteiger charge is 2.17. The minimum atomic E-state index is -0.823. The van der Waals surface area contributed by atoms with E-state index >= 15 is 0 Å². The smallest absolute Gasteiger partial charge is 0.314 e. The van der Waals surface area contributed by atoms with Crippen molar-refractivity contribution in [1.82, 2.24) is 9.55 Å². The summed E-state index contributed by atoms with van der Waals surface area (Å²) in [5.41, 5.74) is 1.33. The van der Waals surface area contributed by atoms with E-state index < -0.39 is 11.8 Å². The number of rotatable bonds is 4. The molecule has 2 amide bonds. The Balaban J connectivity index is 1.49. The minimum Gasteiger partial charge on any atom is -0.494 e. The number of nitrogens with one attached hydrogen (secondary N) is 2. The summed E-state index contributed by atoms with van der Waals surface area (Å²) in [4.78, 5) is 42.2. The quantitative estimate of drug-likeness (QED) is 0.632. The van der Waals surface area contributed by atoms with Gasteiger partial charge in [-0.05, 0) is 62.2 Å². The number of nitrogens with zero attached hydrogens (tertiary/aromatic N) is 2. The van der Waals surface area contributed by atoms with Crippen LogP contribution in [0.1, 0.15) is 32.0 Å². The monoisotopic (exact) mass is 420 g/mol. The summed E-state index contributed by atoms with van der Waals surface area (Å²) >= 11 is 0. The maximum absolute atomic E-state index is 12.9. The van der Waals surface area contributed by atoms with Crippen molar-refractivity contribution in [2.45, 2.75) is 39.2 Å². The van der Waals surface area contributed by atoms with Crippen molar-refractivity contribution in [3.05, 3.63) is 58.6 Å². The topological polar surface area (TPSA) is 102 Å². The third kappa shape index (κ3) is 4.58. The number of amides is 2. The predicted molar refractivity (Wildman–Crippen MR) is 118 cm³/mol. The Hall–Kier alpha value is -3.68. The van der Waals surface area contributed by atoms with E-state index in [9.17, 15) is 14.4 Å². The van der Waals surface area contributed by atoms with Crippen LogP contribution in [0.5, 0.6) is 5.75 Å². The lowest BCUT2D eigenvalue weighted by Crippen LogP contribution is -2.29. The molecule has 0 radical (unpaired) electrons. The minimum absolute atomic E-state index is 0.114. The summed E-state index contributed by atoms with van der Waals surface area (Å²) < 4.78 is 7.08. The van der Waals surface area contributed by atoms with Gasteiger partial charge in [0.25, 0.3) is 5.56 Å². The number of aryl methyl sites for hydroxylation is 1. The molecule has 0 unspecified atom stereocenters. The van der Waals surface area contributed by atoms with E-state index in [4.69, 9.17) is 4.74 Å². The first-order chi connectivity index (χ1) is 15.0. The standard InChI is InChI=1S/C23H24N4O4/c1-2-31-17-10-7-15(8-11-17)24-21(28)22(29)25-16-9-12-19-18(14-16)23(30)27-13-5-3-4-6-20(27)26-19/h7-12,14H,2-6,13H2,1H3,(H,24,28)(H,25,29). The number of anilines is 2. The average Bonchev–Trinajstić information content (AvgIpc) is 3.01. The van der Waals surface area contributed by atoms with Crippen molar-refractivity contribution in [2.24, 2.45) is 0 Å². The largest absolute Gasteiger partial charge is 0.494 e. The first kappa shape index (κ1) is 20.6. The van der Waals surface area contributed by atoms with Gasteiger partial charge in [-0.25, -0.2) is 4.98 Å². The lowest BCUT2D eigenvalue weighted by atomic mass is 10.2. The molecule has 2 heterocycles. The molecule has 0 saturated heterocycles. The molecule has 1 aliphatic heterocycles. The van der Waals surface area contributed by atoms with Crippen LogP contribution >= 0.6 is 0 Å². The van der Waals surface area contributed by atoms with Crippen molar-refractivity contribution in [2.75, 3.05) is 17.2 Å². The molecular formula is C23H24N4O4. The van der Waals surface area contributed by atoms with Gasteiger partial charge in [-0.3, -0.25) is 19.0 Å². The van der Waals surface area contributed by atoms with Crippen LogP contribution in [-0.2, 0) is 22.6 Å². The highest BCUT2D eigenvalue weighted by Crippen LogP contribution is 2.19. The molecule has 160 valence electrons. The molecule has 0 spiro atoms. The fraction of sp³-hybridized carbons (Fsp3) is 0.304. The molecule has 0 bridgehead atoms. The van der Waals surface area contributed by atoms with Crippen LogP contribution in [0.4, 0.5) is 11.4 Å². The molecule has 0 aliphatic carbocycles. The van der Waals surface area contributed by atoms with E-state index in [1.54, 1.807) is 47.0 Å². The van der Waals surface area contributed by atoms with Gasteiger partial charge >= 0.3 is 11.8 Å². The average molecular weight is 420 g/mol. The van der Waals surface area contributed by atoms with E-state index in [0.717, 1.165) is 31.5 Å². The van der Waals surface area contributed by atoms with E-state index in [0.29, 0.717) is 41.2 Å². The Morgan fingerprint density at radius 1 is 1.00 bits per heavy atom. The molecule has 0 atom stereocenters. The van der Waals surface area contributed by atoms with Gasteiger partial charge in [0.1, 0.15) is 11.6 Å². The number of carbonyl (C=O) groups excluding carboxylic acids is 2. The second kappa shape index (κ2) is 8.99. The van der Waals surface area contributed by atoms with Gasteiger partial charge in [0.05, 0.1) is 17.5 Å². The Morgan fingerprint density at radius 2 is 1.71 bits per heavy atom. The third-order valence-electron chi connectivity index (χ3n) is 5.20. The number of hydrogen-bond acceptors (Lipinski definition) is 5. The maximum atomic E-state index is 12.9. The summed E-state index contributed by atoms with van der Waals surface area (Å²) in [5.74, 6) is -0.141. The zero-order chi connectivity index (χ0) is 21.8. The van der Waals surface area contributed by atoms with Gasteiger partial charge in [-0.2, -0.15) is 0 Å². The number of ether oxygens (including phenoxy) is 1. The Bertz CT molecular complexity index is 1180. The molecule has 8 heteroatoms. The molecule has 4 rings (SSSR count). The van der Waals surface area contributed by atoms with Crippen molar-refractivity contribution >= 4 is 34.1 Å². The summed E-state index contributed by atoms with van der Waals surface area (Å²) in [5, 5.41) is 5.52. The van der Waals surface area contributed by atoms with Crippen molar-refractivity contribution in [1.29, 1.82) is 0 Å². The van der Waals surface area contributed by atoms with Crippen LogP contribution in [0.25, 0.3) is 10.9 Å². The SMILES string of the molecule is CCOc1ccc(NC(=O)C(=O)Nc2ccc3nc4n(c(=O)c3c2)CCCCC4)cc1. The normalized spacial score (nSPS) is 13.2.